The Bertz CT molecular complexity index is 78.8. The van der Waals surface area contributed by atoms with Crippen LogP contribution in [0.2, 0.25) is 0 Å². The van der Waals surface area contributed by atoms with Gasteiger partial charge in [0.15, 0.2) is 0 Å². The molecule has 0 bridgehead atoms. The Kier molecular flexibility index (Phi) is 78.2. The predicted molar refractivity (Wildman–Crippen MR) is 30.1 cm³/mol. The maximum Gasteiger partial charge on any atom is 1.00 e. The van der Waals surface area contributed by atoms with Gasteiger partial charge < -0.3 is 20.4 Å². The minimum atomic E-state index is -4.64. The van der Waals surface area contributed by atoms with Gasteiger partial charge in [0.05, 0.1) is 0 Å². The molecule has 0 saturated carbocycles. The number of rotatable bonds is 0. The molecule has 0 aromatic rings. The van der Waals surface area contributed by atoms with E-state index >= 15 is 0 Å². The largest absolute Gasteiger partial charge is 1.00 e. The molecule has 0 amide bonds. The molecule has 0 atom stereocenters. The van der Waals surface area contributed by atoms with Crippen LogP contribution in [0, 0.1) is 0 Å². The summed E-state index contributed by atoms with van der Waals surface area (Å²) in [5.74, 6) is 0. The van der Waals surface area contributed by atoms with Crippen molar-refractivity contribution in [2.45, 2.75) is 13.8 Å². The maximum absolute atomic E-state index is 8.88. The number of hydrogen-bond donors (Lipinski definition) is 3. The first-order chi connectivity index (χ1) is 3.00. The fourth-order valence-electron chi connectivity index (χ4n) is 0. The Labute approximate surface area is 162 Å². The van der Waals surface area contributed by atoms with Crippen molar-refractivity contribution in [3.63, 3.8) is 0 Å². The molecule has 0 spiro atoms. The normalized spacial score (nSPS) is 5.91. The summed E-state index contributed by atoms with van der Waals surface area (Å²) in [5.41, 5.74) is 0. The fraction of sp³-hybridized carbons (Fsp3) is 1.00. The molecule has 0 aliphatic heterocycles. The molecule has 0 aromatic carbocycles. The van der Waals surface area contributed by atoms with Crippen molar-refractivity contribution >= 4 is 7.82 Å². The van der Waals surface area contributed by atoms with Crippen molar-refractivity contribution in [1.29, 1.82) is 0 Å². The van der Waals surface area contributed by atoms with E-state index < -0.39 is 7.82 Å². The molecule has 0 aliphatic rings. The van der Waals surface area contributed by atoms with E-state index in [9.17, 15) is 0 Å². The van der Waals surface area contributed by atoms with Gasteiger partial charge >= 0.3 is 126 Å². The van der Waals surface area contributed by atoms with Crippen molar-refractivity contribution in [3.8, 4) is 0 Å². The van der Waals surface area contributed by atoms with Crippen LogP contribution in [0.4, 0.5) is 0 Å². The minimum Gasteiger partial charge on any atom is -1.00 e. The third kappa shape index (κ3) is 122. The molecule has 3 N–H and O–H groups in total. The van der Waals surface area contributed by atoms with Crippen molar-refractivity contribution in [3.05, 3.63) is 0 Å². The van der Waals surface area contributed by atoms with Crippen LogP contribution in [-0.2, 0) is 4.57 Å². The molecule has 4 nitrogen and oxygen atoms in total. The monoisotopic (exact) mass is 224 g/mol. The Morgan fingerprint density at radius 3 is 0.909 bits per heavy atom. The van der Waals surface area contributed by atoms with Gasteiger partial charge in [0.1, 0.15) is 0 Å². The molecule has 0 aromatic heterocycles. The van der Waals surface area contributed by atoms with E-state index in [1.807, 2.05) is 13.8 Å². The first kappa shape index (κ1) is 36.2. The SMILES string of the molecule is CC.O=P(O)(O)O.[H-].[H-].[H-].[H-].[Na+].[Na+].[Na+].[Na+]. The molecule has 54 valence electrons. The predicted octanol–water partition coefficient (Wildman–Crippen LogP) is -11.4. The maximum atomic E-state index is 8.88. The second-order valence-electron chi connectivity index (χ2n) is 0.513. The van der Waals surface area contributed by atoms with E-state index in [1.165, 1.54) is 0 Å². The Morgan fingerprint density at radius 1 is 0.909 bits per heavy atom. The summed E-state index contributed by atoms with van der Waals surface area (Å²) >= 11 is 0. The second-order valence-corrected chi connectivity index (χ2v) is 1.54. The van der Waals surface area contributed by atoms with Crippen molar-refractivity contribution < 1.29 is 143 Å². The van der Waals surface area contributed by atoms with Crippen molar-refractivity contribution in [2.24, 2.45) is 0 Å². The number of hydrogen-bond acceptors (Lipinski definition) is 1. The van der Waals surface area contributed by atoms with Gasteiger partial charge in [-0.2, -0.15) is 0 Å². The van der Waals surface area contributed by atoms with Crippen LogP contribution in [0.5, 0.6) is 0 Å². The van der Waals surface area contributed by atoms with Gasteiger partial charge in [-0.3, -0.25) is 0 Å². The molecule has 0 unspecified atom stereocenters. The molecule has 0 aliphatic carbocycles. The Morgan fingerprint density at radius 2 is 0.909 bits per heavy atom. The number of phosphoric acid groups is 1. The molecule has 9 heteroatoms. The molecule has 0 saturated heterocycles. The standard InChI is InChI=1S/C2H6.4Na.H3O4P.4H/c1-2;;;;;1-5(2,3)4;;;;/h1-2H3;;;;;(H3,1,2,3,4);;;;/q;4*+1;;4*-1. The van der Waals surface area contributed by atoms with Crippen LogP contribution in [-0.4, -0.2) is 14.7 Å². The van der Waals surface area contributed by atoms with Crippen LogP contribution in [0.3, 0.4) is 0 Å². The van der Waals surface area contributed by atoms with E-state index in [4.69, 9.17) is 19.2 Å². The zero-order valence-corrected chi connectivity index (χ0v) is 17.1. The van der Waals surface area contributed by atoms with E-state index in [-0.39, 0.29) is 124 Å². The average Bonchev–Trinajstić information content (AvgIpc) is 1.36. The van der Waals surface area contributed by atoms with E-state index in [1.54, 1.807) is 0 Å². The third-order valence-corrected chi connectivity index (χ3v) is 0. The molecule has 11 heavy (non-hydrogen) atoms. The van der Waals surface area contributed by atoms with Crippen LogP contribution in [0.15, 0.2) is 0 Å². The third-order valence-electron chi connectivity index (χ3n) is 0. The Balaban J connectivity index is -0.00000000298. The quantitative estimate of drug-likeness (QED) is 0.282. The zero-order chi connectivity index (χ0) is 6.50. The summed E-state index contributed by atoms with van der Waals surface area (Å²) in [7, 11) is -4.64. The first-order valence-electron chi connectivity index (χ1n) is 1.78. The van der Waals surface area contributed by atoms with Gasteiger partial charge in [-0.1, -0.05) is 13.8 Å². The van der Waals surface area contributed by atoms with Gasteiger partial charge in [0, 0.05) is 0 Å². The first-order valence-corrected chi connectivity index (χ1v) is 3.35. The molecular weight excluding hydrogens is 211 g/mol. The minimum absolute atomic E-state index is 0. The van der Waals surface area contributed by atoms with Crippen molar-refractivity contribution in [2.75, 3.05) is 0 Å². The van der Waals surface area contributed by atoms with Crippen LogP contribution in [0.1, 0.15) is 19.6 Å². The molecular formula is C2H13Na4O4P. The smallest absolute Gasteiger partial charge is 1.00 e. The fourth-order valence-corrected chi connectivity index (χ4v) is 0. The van der Waals surface area contributed by atoms with E-state index in [2.05, 4.69) is 0 Å². The summed E-state index contributed by atoms with van der Waals surface area (Å²) in [6.45, 7) is 4.00. The van der Waals surface area contributed by atoms with Crippen molar-refractivity contribution in [1.82, 2.24) is 0 Å². The summed E-state index contributed by atoms with van der Waals surface area (Å²) in [6, 6.07) is 0. The van der Waals surface area contributed by atoms with Gasteiger partial charge in [0.25, 0.3) is 0 Å². The van der Waals surface area contributed by atoms with Crippen LogP contribution < -0.4 is 118 Å². The van der Waals surface area contributed by atoms with E-state index in [0.717, 1.165) is 0 Å². The van der Waals surface area contributed by atoms with E-state index in [0.29, 0.717) is 0 Å². The topological polar surface area (TPSA) is 77.8 Å². The van der Waals surface area contributed by atoms with Gasteiger partial charge in [-0.05, 0) is 0 Å². The Hall–Kier alpha value is 4.11. The summed E-state index contributed by atoms with van der Waals surface area (Å²) in [4.78, 5) is 21.6. The van der Waals surface area contributed by atoms with Gasteiger partial charge in [-0.25, -0.2) is 4.57 Å². The summed E-state index contributed by atoms with van der Waals surface area (Å²) in [5, 5.41) is 0. The average molecular weight is 224 g/mol. The molecule has 0 rings (SSSR count). The van der Waals surface area contributed by atoms with Gasteiger partial charge in [-0.15, -0.1) is 0 Å². The van der Waals surface area contributed by atoms with Gasteiger partial charge in [0.2, 0.25) is 0 Å². The molecule has 0 fully saturated rings. The summed E-state index contributed by atoms with van der Waals surface area (Å²) in [6.07, 6.45) is 0. The van der Waals surface area contributed by atoms with Crippen LogP contribution >= 0.6 is 7.82 Å². The zero-order valence-electron chi connectivity index (χ0n) is 12.2. The second kappa shape index (κ2) is 23.7. The molecule has 0 radical (unpaired) electrons. The summed E-state index contributed by atoms with van der Waals surface area (Å²) < 4.78 is 8.88. The molecule has 0 heterocycles. The van der Waals surface area contributed by atoms with Crippen LogP contribution in [0.25, 0.3) is 0 Å².